The van der Waals surface area contributed by atoms with Crippen molar-refractivity contribution in [3.8, 4) is 5.69 Å². The molecule has 7 nitrogen and oxygen atoms in total. The van der Waals surface area contributed by atoms with Crippen LogP contribution in [-0.4, -0.2) is 27.4 Å². The van der Waals surface area contributed by atoms with Gasteiger partial charge >= 0.3 is 0 Å². The maximum absolute atomic E-state index is 14.6. The van der Waals surface area contributed by atoms with Crippen LogP contribution < -0.4 is 15.8 Å². The highest BCUT2D eigenvalue weighted by Gasteiger charge is 2.70. The van der Waals surface area contributed by atoms with E-state index in [1.165, 1.54) is 4.90 Å². The van der Waals surface area contributed by atoms with Gasteiger partial charge in [-0.3, -0.25) is 24.3 Å². The molecule has 0 radical (unpaired) electrons. The molecule has 4 aromatic carbocycles. The van der Waals surface area contributed by atoms with Gasteiger partial charge in [-0.15, -0.1) is 0 Å². The maximum Gasteiger partial charge on any atom is 0.266 e. The van der Waals surface area contributed by atoms with E-state index in [9.17, 15) is 14.4 Å². The van der Waals surface area contributed by atoms with Gasteiger partial charge in [0, 0.05) is 11.6 Å². The predicted octanol–water partition coefficient (Wildman–Crippen LogP) is 4.53. The summed E-state index contributed by atoms with van der Waals surface area (Å²) >= 11 is 0. The first-order valence-corrected chi connectivity index (χ1v) is 13.7. The summed E-state index contributed by atoms with van der Waals surface area (Å²) in [5, 5.41) is 6.26. The van der Waals surface area contributed by atoms with E-state index in [1.54, 1.807) is 10.6 Å². The zero-order valence-corrected chi connectivity index (χ0v) is 22.0. The number of nitrogens with one attached hydrogen (secondary N) is 1. The molecule has 1 spiro atoms. The first kappa shape index (κ1) is 23.3. The summed E-state index contributed by atoms with van der Waals surface area (Å²) in [6.45, 7) is 4.12. The molecule has 1 aromatic heterocycles. The Morgan fingerprint density at radius 3 is 2.38 bits per heavy atom. The van der Waals surface area contributed by atoms with Crippen molar-refractivity contribution in [2.75, 3.05) is 4.90 Å². The minimum atomic E-state index is -1.13. The van der Waals surface area contributed by atoms with E-state index >= 15 is 0 Å². The molecule has 2 fully saturated rings. The van der Waals surface area contributed by atoms with Crippen molar-refractivity contribution in [3.05, 3.63) is 113 Å². The normalized spacial score (nSPS) is 24.9. The predicted molar refractivity (Wildman–Crippen MR) is 153 cm³/mol. The third-order valence-electron chi connectivity index (χ3n) is 9.01. The molecule has 5 aromatic rings. The van der Waals surface area contributed by atoms with Gasteiger partial charge < -0.3 is 0 Å². The Morgan fingerprint density at radius 2 is 1.55 bits per heavy atom. The number of imide groups is 1. The summed E-state index contributed by atoms with van der Waals surface area (Å²) in [5.41, 5.74) is 1.32. The molecule has 196 valence electrons. The first-order chi connectivity index (χ1) is 19.4. The number of aromatic nitrogens is 2. The molecule has 3 aliphatic heterocycles. The lowest BCUT2D eigenvalue weighted by atomic mass is 9.75. The average Bonchev–Trinajstić information content (AvgIpc) is 3.56. The fourth-order valence-electron chi connectivity index (χ4n) is 7.29. The Labute approximate surface area is 230 Å². The topological polar surface area (TPSA) is 84.3 Å². The summed E-state index contributed by atoms with van der Waals surface area (Å²) in [6.07, 6.45) is 0. The van der Waals surface area contributed by atoms with Crippen LogP contribution >= 0.6 is 0 Å². The van der Waals surface area contributed by atoms with Crippen molar-refractivity contribution < 1.29 is 9.59 Å². The molecule has 0 aliphatic carbocycles. The van der Waals surface area contributed by atoms with Crippen LogP contribution in [0.2, 0.25) is 0 Å². The van der Waals surface area contributed by atoms with Gasteiger partial charge in [-0.2, -0.15) is 0 Å². The third kappa shape index (κ3) is 2.77. The van der Waals surface area contributed by atoms with E-state index in [0.29, 0.717) is 28.1 Å². The van der Waals surface area contributed by atoms with Crippen molar-refractivity contribution in [1.29, 1.82) is 0 Å². The summed E-state index contributed by atoms with van der Waals surface area (Å²) in [4.78, 5) is 49.2. The first-order valence-electron chi connectivity index (χ1n) is 13.7. The number of hydrogen-bond donors (Lipinski definition) is 1. The van der Waals surface area contributed by atoms with Gasteiger partial charge in [0.05, 0.1) is 34.1 Å². The molecule has 1 N–H and O–H groups in total. The number of hydrogen-bond acceptors (Lipinski definition) is 5. The summed E-state index contributed by atoms with van der Waals surface area (Å²) in [5.74, 6) is -1.34. The van der Waals surface area contributed by atoms with E-state index in [1.807, 2.05) is 84.9 Å². The summed E-state index contributed by atoms with van der Waals surface area (Å²) in [7, 11) is 0. The van der Waals surface area contributed by atoms with Crippen LogP contribution in [0.3, 0.4) is 0 Å². The maximum atomic E-state index is 14.6. The van der Waals surface area contributed by atoms with Crippen molar-refractivity contribution in [1.82, 2.24) is 14.9 Å². The minimum Gasteiger partial charge on any atom is -0.296 e. The van der Waals surface area contributed by atoms with Crippen molar-refractivity contribution >= 4 is 39.2 Å². The number of para-hydroxylation sites is 2. The fourth-order valence-corrected chi connectivity index (χ4v) is 7.29. The summed E-state index contributed by atoms with van der Waals surface area (Å²) in [6, 6.07) is 28.2. The third-order valence-corrected chi connectivity index (χ3v) is 9.01. The lowest BCUT2D eigenvalue weighted by Gasteiger charge is -2.32. The molecule has 4 atom stereocenters. The van der Waals surface area contributed by atoms with Gasteiger partial charge in [-0.25, -0.2) is 9.88 Å². The zero-order chi connectivity index (χ0) is 27.3. The monoisotopic (exact) mass is 526 g/mol. The van der Waals surface area contributed by atoms with Crippen LogP contribution in [0.5, 0.6) is 0 Å². The Morgan fingerprint density at radius 1 is 0.825 bits per heavy atom. The number of carbonyl (C=O) groups excluding carboxylic acids is 2. The Bertz CT molecular complexity index is 1980. The molecule has 3 aliphatic rings. The quantitative estimate of drug-likeness (QED) is 0.342. The second-order valence-corrected chi connectivity index (χ2v) is 11.4. The number of fused-ring (bicyclic) bond motifs is 9. The molecule has 0 bridgehead atoms. The number of nitrogens with zero attached hydrogens (tertiary/aromatic N) is 3. The largest absolute Gasteiger partial charge is 0.296 e. The molecule has 40 heavy (non-hydrogen) atoms. The second kappa shape index (κ2) is 7.96. The van der Waals surface area contributed by atoms with Gasteiger partial charge in [0.2, 0.25) is 11.8 Å². The summed E-state index contributed by atoms with van der Waals surface area (Å²) < 4.78 is 1.64. The van der Waals surface area contributed by atoms with Crippen LogP contribution in [0.4, 0.5) is 5.69 Å². The molecule has 2 amide bonds. The Balaban J connectivity index is 1.40. The molecule has 0 saturated carbocycles. The number of rotatable bonds is 2. The van der Waals surface area contributed by atoms with E-state index in [4.69, 9.17) is 4.98 Å². The smallest absolute Gasteiger partial charge is 0.266 e. The average molecular weight is 527 g/mol. The molecular weight excluding hydrogens is 500 g/mol. The molecule has 7 heteroatoms. The second-order valence-electron chi connectivity index (χ2n) is 11.4. The highest BCUT2D eigenvalue weighted by atomic mass is 16.2. The van der Waals surface area contributed by atoms with Crippen LogP contribution in [0.15, 0.2) is 95.8 Å². The Kier molecular flexibility index (Phi) is 4.63. The lowest BCUT2D eigenvalue weighted by Crippen LogP contribution is -2.51. The van der Waals surface area contributed by atoms with E-state index in [0.717, 1.165) is 16.3 Å². The fraction of sp³-hybridized carbons (Fsp3) is 0.212. The van der Waals surface area contributed by atoms with Gasteiger partial charge in [0.1, 0.15) is 11.4 Å². The van der Waals surface area contributed by atoms with Crippen molar-refractivity contribution in [2.24, 2.45) is 17.8 Å². The SMILES string of the molecule is CC(C)[C@@H]1N[C@]2(c3ccccc3-n3c2nc2ccccc2c3=O)[C@@H]2C(=O)N(c3ccc4ccccc4c3)C(=O)[C@H]21. The number of anilines is 1. The molecular formula is C33H26N4O3. The molecule has 8 rings (SSSR count). The van der Waals surface area contributed by atoms with Gasteiger partial charge in [0.25, 0.3) is 5.56 Å². The van der Waals surface area contributed by atoms with Crippen LogP contribution in [0.25, 0.3) is 27.4 Å². The molecule has 4 heterocycles. The minimum absolute atomic E-state index is 0.0496. The van der Waals surface area contributed by atoms with Crippen LogP contribution in [0, 0.1) is 17.8 Å². The van der Waals surface area contributed by atoms with Crippen molar-refractivity contribution in [3.63, 3.8) is 0 Å². The van der Waals surface area contributed by atoms with E-state index in [2.05, 4.69) is 19.2 Å². The zero-order valence-electron chi connectivity index (χ0n) is 22.0. The van der Waals surface area contributed by atoms with Crippen molar-refractivity contribution in [2.45, 2.75) is 25.4 Å². The number of amides is 2. The Hall–Kier alpha value is -4.62. The standard InChI is InChI=1S/C33H26N4O3/c1-18(2)28-26-27(31(40)36(30(26)39)21-16-15-19-9-3-4-10-20(19)17-21)33(35-28)23-12-6-8-14-25(23)37-29(38)22-11-5-7-13-24(22)34-32(33)37/h3-18,26-28,35H,1-2H3/t26-,27+,28+,33-/m1/s1. The van der Waals surface area contributed by atoms with Gasteiger partial charge in [-0.05, 0) is 47.0 Å². The van der Waals surface area contributed by atoms with Gasteiger partial charge in [0.15, 0.2) is 0 Å². The van der Waals surface area contributed by atoms with Crippen LogP contribution in [-0.2, 0) is 15.1 Å². The molecule has 2 saturated heterocycles. The molecule has 0 unspecified atom stereocenters. The van der Waals surface area contributed by atoms with Gasteiger partial charge in [-0.1, -0.05) is 74.5 Å². The number of benzene rings is 4. The highest BCUT2D eigenvalue weighted by Crippen LogP contribution is 2.56. The van der Waals surface area contributed by atoms with E-state index < -0.39 is 17.4 Å². The van der Waals surface area contributed by atoms with E-state index in [-0.39, 0.29) is 29.3 Å². The highest BCUT2D eigenvalue weighted by molar-refractivity contribution is 6.23. The number of carbonyl (C=O) groups is 2. The lowest BCUT2D eigenvalue weighted by molar-refractivity contribution is -0.123. The van der Waals surface area contributed by atoms with Crippen LogP contribution in [0.1, 0.15) is 25.2 Å².